The van der Waals surface area contributed by atoms with Crippen LogP contribution < -0.4 is 14.7 Å². The molecule has 4 heterocycles. The fourth-order valence-electron chi connectivity index (χ4n) is 15.6. The van der Waals surface area contributed by atoms with E-state index in [0.717, 1.165) is 90.4 Å². The van der Waals surface area contributed by atoms with Crippen LogP contribution in [0.3, 0.4) is 0 Å². The van der Waals surface area contributed by atoms with Gasteiger partial charge in [0.2, 0.25) is 0 Å². The van der Waals surface area contributed by atoms with Crippen molar-refractivity contribution in [3.05, 3.63) is 173 Å². The molecule has 0 N–H and O–H groups in total. The van der Waals surface area contributed by atoms with E-state index in [1.54, 1.807) is 0 Å². The molecule has 0 atom stereocenters. The Labute approximate surface area is 644 Å². The topological polar surface area (TPSA) is 61.3 Å². The molecule has 0 unspecified atom stereocenters. The SMILES string of the molecule is CCCCCCCCCCc1cccc(N(c2cc(N(c3cccc(CCCCCCCCCC)c3)c3cc(CCCCCCCCCC)ccn3)nc(N(c3cccc(CCCCCCCCCC)c3)c3cc(CCCCCCCCCC)ccn3)c2)c2cc(CCCCCCCCCC)ccn2)c1. The van der Waals surface area contributed by atoms with Crippen LogP contribution in [-0.4, -0.2) is 19.9 Å². The van der Waals surface area contributed by atoms with Crippen LogP contribution in [-0.2, 0) is 38.5 Å². The van der Waals surface area contributed by atoms with Crippen molar-refractivity contribution in [3.8, 4) is 0 Å². The number of unbranched alkanes of at least 4 members (excludes halogenated alkanes) is 42. The number of hydrogen-bond acceptors (Lipinski definition) is 7. The molecule has 0 aliphatic heterocycles. The number of benzene rings is 3. The third-order valence-corrected chi connectivity index (χ3v) is 22.0. The molecule has 0 aliphatic rings. The monoisotopic (exact) mass is 1420 g/mol. The zero-order chi connectivity index (χ0) is 73.7. The maximum absolute atomic E-state index is 6.12. The van der Waals surface area contributed by atoms with Gasteiger partial charge < -0.3 is 0 Å². The standard InChI is InChI=1S/C98H149N7/c1-7-13-19-25-31-37-43-49-58-84-64-55-67-90(76-84)103(94-79-87(70-73-99-94)61-52-46-40-34-28-22-16-10-4)93-82-97(104(91-68-56-65-85(77-91)59-50-44-38-32-26-20-14-8-2)95-80-88(71-74-100-95)62-53-47-41-35-29-23-17-11-5)102-98(83-93)105(92-69-57-66-86(78-92)60-51-45-39-33-27-21-15-9-3)96-81-89(72-75-101-96)63-54-48-42-36-30-24-18-12-6/h55-57,64-83H,7-54,58-63H2,1-6H3. The molecule has 7 aromatic rings. The zero-order valence-electron chi connectivity index (χ0n) is 68.1. The minimum atomic E-state index is 0.814. The van der Waals surface area contributed by atoms with Crippen LogP contribution in [0.1, 0.15) is 383 Å². The Morgan fingerprint density at radius 3 is 0.648 bits per heavy atom. The molecule has 0 radical (unpaired) electrons. The predicted molar refractivity (Wildman–Crippen MR) is 460 cm³/mol. The summed E-state index contributed by atoms with van der Waals surface area (Å²) in [5, 5.41) is 0. The van der Waals surface area contributed by atoms with E-state index in [0.29, 0.717) is 0 Å². The van der Waals surface area contributed by atoms with Gasteiger partial charge >= 0.3 is 0 Å². The van der Waals surface area contributed by atoms with Crippen LogP contribution in [0.4, 0.5) is 51.8 Å². The highest BCUT2D eigenvalue weighted by atomic mass is 15.3. The van der Waals surface area contributed by atoms with E-state index < -0.39 is 0 Å². The van der Waals surface area contributed by atoms with Crippen LogP contribution >= 0.6 is 0 Å². The molecule has 0 saturated carbocycles. The lowest BCUT2D eigenvalue weighted by atomic mass is 10.0. The van der Waals surface area contributed by atoms with Gasteiger partial charge in [0.25, 0.3) is 0 Å². The second-order valence-electron chi connectivity index (χ2n) is 31.5. The normalized spacial score (nSPS) is 11.5. The molecule has 576 valence electrons. The van der Waals surface area contributed by atoms with Gasteiger partial charge in [-0.3, -0.25) is 14.7 Å². The molecule has 4 aromatic heterocycles. The molecular weight excluding hydrogens is 1280 g/mol. The zero-order valence-corrected chi connectivity index (χ0v) is 68.1. The van der Waals surface area contributed by atoms with E-state index in [1.807, 2.05) is 0 Å². The third kappa shape index (κ3) is 34.2. The van der Waals surface area contributed by atoms with Gasteiger partial charge in [-0.2, -0.15) is 0 Å². The number of anilines is 9. The molecule has 0 amide bonds. The quantitative estimate of drug-likeness (QED) is 0.0352. The van der Waals surface area contributed by atoms with Gasteiger partial charge in [-0.25, -0.2) is 19.9 Å². The second kappa shape index (κ2) is 55.1. The van der Waals surface area contributed by atoms with Crippen molar-refractivity contribution in [2.75, 3.05) is 14.7 Å². The van der Waals surface area contributed by atoms with Crippen molar-refractivity contribution in [1.29, 1.82) is 0 Å². The molecule has 0 bridgehead atoms. The van der Waals surface area contributed by atoms with E-state index in [1.165, 1.54) is 342 Å². The summed E-state index contributed by atoms with van der Waals surface area (Å²) in [7, 11) is 0. The summed E-state index contributed by atoms with van der Waals surface area (Å²) in [5.41, 5.74) is 12.3. The Hall–Kier alpha value is -6.34. The number of pyridine rings is 4. The molecule has 7 rings (SSSR count). The van der Waals surface area contributed by atoms with Crippen LogP contribution in [0.5, 0.6) is 0 Å². The number of aryl methyl sites for hydroxylation is 6. The van der Waals surface area contributed by atoms with Crippen molar-refractivity contribution < 1.29 is 0 Å². The highest BCUT2D eigenvalue weighted by Crippen LogP contribution is 2.45. The summed E-state index contributed by atoms with van der Waals surface area (Å²) in [5.74, 6) is 4.33. The first-order chi connectivity index (χ1) is 51.9. The van der Waals surface area contributed by atoms with Crippen molar-refractivity contribution >= 4 is 51.8 Å². The highest BCUT2D eigenvalue weighted by molar-refractivity contribution is 5.85. The fraction of sp³-hybridized carbons (Fsp3) is 0.612. The Morgan fingerprint density at radius 2 is 0.400 bits per heavy atom. The van der Waals surface area contributed by atoms with E-state index in [9.17, 15) is 0 Å². The summed E-state index contributed by atoms with van der Waals surface area (Å²) in [6.45, 7) is 13.9. The minimum Gasteiger partial charge on any atom is -0.295 e. The van der Waals surface area contributed by atoms with Crippen LogP contribution in [0.2, 0.25) is 0 Å². The molecule has 0 saturated heterocycles. The number of rotatable bonds is 63. The fourth-order valence-corrected chi connectivity index (χ4v) is 15.6. The summed E-state index contributed by atoms with van der Waals surface area (Å²) < 4.78 is 0. The van der Waals surface area contributed by atoms with E-state index in [2.05, 4.69) is 196 Å². The maximum Gasteiger partial charge on any atom is 0.143 e. The Balaban J connectivity index is 1.42. The largest absolute Gasteiger partial charge is 0.295 e. The first-order valence-corrected chi connectivity index (χ1v) is 44.5. The number of hydrogen-bond donors (Lipinski definition) is 0. The van der Waals surface area contributed by atoms with E-state index >= 15 is 0 Å². The van der Waals surface area contributed by atoms with Crippen LogP contribution in [0.15, 0.2) is 140 Å². The average molecular weight is 1430 g/mol. The van der Waals surface area contributed by atoms with Gasteiger partial charge in [0.05, 0.1) is 5.69 Å². The molecule has 0 spiro atoms. The lowest BCUT2D eigenvalue weighted by molar-refractivity contribution is 0.575. The molecule has 105 heavy (non-hydrogen) atoms. The van der Waals surface area contributed by atoms with Crippen molar-refractivity contribution in [2.45, 2.75) is 388 Å². The van der Waals surface area contributed by atoms with Crippen LogP contribution in [0.25, 0.3) is 0 Å². The first-order valence-electron chi connectivity index (χ1n) is 44.5. The highest BCUT2D eigenvalue weighted by Gasteiger charge is 2.26. The predicted octanol–water partition coefficient (Wildman–Crippen LogP) is 31.8. The summed E-state index contributed by atoms with van der Waals surface area (Å²) in [6, 6.07) is 47.0. The van der Waals surface area contributed by atoms with E-state index in [4.69, 9.17) is 19.9 Å². The summed E-state index contributed by atoms with van der Waals surface area (Å²) >= 11 is 0. The third-order valence-electron chi connectivity index (χ3n) is 22.0. The smallest absolute Gasteiger partial charge is 0.143 e. The van der Waals surface area contributed by atoms with Gasteiger partial charge in [0, 0.05) is 47.8 Å². The second-order valence-corrected chi connectivity index (χ2v) is 31.5. The van der Waals surface area contributed by atoms with Gasteiger partial charge in [-0.05, 0) is 183 Å². The summed E-state index contributed by atoms with van der Waals surface area (Å²) in [6.07, 6.45) is 74.8. The van der Waals surface area contributed by atoms with Gasteiger partial charge in [-0.15, -0.1) is 0 Å². The number of nitrogens with zero attached hydrogens (tertiary/aromatic N) is 7. The molecular formula is C98H149N7. The van der Waals surface area contributed by atoms with Crippen molar-refractivity contribution in [2.24, 2.45) is 0 Å². The summed E-state index contributed by atoms with van der Waals surface area (Å²) in [4.78, 5) is 29.7. The Morgan fingerprint density at radius 1 is 0.190 bits per heavy atom. The van der Waals surface area contributed by atoms with Gasteiger partial charge in [-0.1, -0.05) is 348 Å². The van der Waals surface area contributed by atoms with Gasteiger partial charge in [0.1, 0.15) is 29.1 Å². The van der Waals surface area contributed by atoms with Crippen molar-refractivity contribution in [3.63, 3.8) is 0 Å². The average Bonchev–Trinajstić information content (AvgIpc) is 0.767. The molecule has 0 fully saturated rings. The lowest BCUT2D eigenvalue weighted by Crippen LogP contribution is -2.20. The lowest BCUT2D eigenvalue weighted by Gasteiger charge is -2.31. The minimum absolute atomic E-state index is 0.814. The van der Waals surface area contributed by atoms with E-state index in [-0.39, 0.29) is 0 Å². The molecule has 7 heteroatoms. The molecule has 0 aliphatic carbocycles. The Kier molecular flexibility index (Phi) is 45.1. The Bertz CT molecular complexity index is 2770. The number of aromatic nitrogens is 4. The molecule has 3 aromatic carbocycles. The first kappa shape index (κ1) is 85.9. The maximum atomic E-state index is 6.12. The van der Waals surface area contributed by atoms with Crippen molar-refractivity contribution in [1.82, 2.24) is 19.9 Å². The van der Waals surface area contributed by atoms with Crippen LogP contribution in [0, 0.1) is 0 Å². The molecule has 7 nitrogen and oxygen atoms in total. The van der Waals surface area contributed by atoms with Gasteiger partial charge in [0.15, 0.2) is 0 Å².